The molecule has 5 rings (SSSR count). The first-order valence-corrected chi connectivity index (χ1v) is 15.3. The van der Waals surface area contributed by atoms with Crippen LogP contribution in [0, 0.1) is 5.92 Å². The molecule has 0 bridgehead atoms. The van der Waals surface area contributed by atoms with E-state index in [0.29, 0.717) is 5.69 Å². The Labute approximate surface area is 275 Å². The molecule has 1 aliphatic heterocycles. The molecule has 4 aromatic carbocycles. The van der Waals surface area contributed by atoms with E-state index in [0.717, 1.165) is 22.9 Å². The number of carbonyl (C=O) groups excluding carboxylic acids is 3. The van der Waals surface area contributed by atoms with Gasteiger partial charge in [-0.2, -0.15) is 13.2 Å². The van der Waals surface area contributed by atoms with E-state index in [1.165, 1.54) is 29.0 Å². The number of hydrogen-bond donors (Lipinski definition) is 4. The second-order valence-electron chi connectivity index (χ2n) is 11.8. The van der Waals surface area contributed by atoms with Crippen LogP contribution >= 0.6 is 0 Å². The van der Waals surface area contributed by atoms with E-state index in [2.05, 4.69) is 16.0 Å². The van der Waals surface area contributed by atoms with E-state index in [-0.39, 0.29) is 48.3 Å². The molecule has 0 fully saturated rings. The highest BCUT2D eigenvalue weighted by Gasteiger charge is 2.35. The number of aliphatic hydroxyl groups is 1. The second kappa shape index (κ2) is 14.2. The third-order valence-corrected chi connectivity index (χ3v) is 8.24. The summed E-state index contributed by atoms with van der Waals surface area (Å²) in [5.74, 6) is -0.669. The first kappa shape index (κ1) is 34.0. The highest BCUT2D eigenvalue weighted by atomic mass is 19.4. The largest absolute Gasteiger partial charge is 0.485 e. The summed E-state index contributed by atoms with van der Waals surface area (Å²) < 4.78 is 45.4. The minimum Gasteiger partial charge on any atom is -0.485 e. The molecule has 0 spiro atoms. The Bertz CT molecular complexity index is 1790. The molecule has 0 unspecified atom stereocenters. The molecule has 4 aromatic rings. The van der Waals surface area contributed by atoms with Crippen LogP contribution in [0.2, 0.25) is 0 Å². The van der Waals surface area contributed by atoms with Gasteiger partial charge in [0.25, 0.3) is 5.91 Å². The Kier molecular flexibility index (Phi) is 10.1. The number of benzene rings is 4. The van der Waals surface area contributed by atoms with Gasteiger partial charge in [-0.3, -0.25) is 4.79 Å². The van der Waals surface area contributed by atoms with Crippen molar-refractivity contribution < 1.29 is 37.4 Å². The Morgan fingerprint density at radius 1 is 0.958 bits per heavy atom. The van der Waals surface area contributed by atoms with Gasteiger partial charge >= 0.3 is 18.2 Å². The average Bonchev–Trinajstić information content (AvgIpc) is 3.06. The van der Waals surface area contributed by atoms with Crippen LogP contribution < -0.4 is 20.7 Å². The Morgan fingerprint density at radius 3 is 2.31 bits per heavy atom. The van der Waals surface area contributed by atoms with Gasteiger partial charge in [0.05, 0.1) is 41.7 Å². The number of urea groups is 2. The number of nitrogens with zero attached hydrogens (tertiary/aromatic N) is 2. The number of para-hydroxylation sites is 1. The predicted octanol–water partition coefficient (Wildman–Crippen LogP) is 6.89. The van der Waals surface area contributed by atoms with Gasteiger partial charge in [0.1, 0.15) is 6.10 Å². The third kappa shape index (κ3) is 7.63. The van der Waals surface area contributed by atoms with Gasteiger partial charge in [0.2, 0.25) is 0 Å². The number of nitrogens with one attached hydrogen (secondary N) is 3. The van der Waals surface area contributed by atoms with E-state index >= 15 is 0 Å². The normalized spacial score (nSPS) is 17.0. The smallest absolute Gasteiger partial charge is 0.416 e. The summed E-state index contributed by atoms with van der Waals surface area (Å²) in [6, 6.07) is 20.3. The third-order valence-electron chi connectivity index (χ3n) is 8.24. The van der Waals surface area contributed by atoms with Crippen LogP contribution in [0.3, 0.4) is 0 Å². The summed E-state index contributed by atoms with van der Waals surface area (Å²) in [5.41, 5.74) is 0.291. The molecule has 3 atom stereocenters. The zero-order valence-corrected chi connectivity index (χ0v) is 26.5. The number of anilines is 3. The predicted molar refractivity (Wildman–Crippen MR) is 177 cm³/mol. The van der Waals surface area contributed by atoms with Gasteiger partial charge in [-0.25, -0.2) is 9.59 Å². The molecule has 252 valence electrons. The molecule has 0 aliphatic carbocycles. The number of amides is 5. The molecule has 0 saturated carbocycles. The number of halogens is 3. The monoisotopic (exact) mass is 663 g/mol. The molecular formula is C35H36F3N5O5. The van der Waals surface area contributed by atoms with Gasteiger partial charge in [-0.1, -0.05) is 49.4 Å². The summed E-state index contributed by atoms with van der Waals surface area (Å²) >= 11 is 0. The van der Waals surface area contributed by atoms with Crippen molar-refractivity contribution in [1.82, 2.24) is 9.80 Å². The van der Waals surface area contributed by atoms with Crippen LogP contribution in [0.4, 0.5) is 39.8 Å². The van der Waals surface area contributed by atoms with Crippen LogP contribution in [0.1, 0.15) is 29.8 Å². The molecule has 5 amide bonds. The van der Waals surface area contributed by atoms with Crippen LogP contribution in [0.25, 0.3) is 10.8 Å². The fourth-order valence-electron chi connectivity index (χ4n) is 5.48. The van der Waals surface area contributed by atoms with E-state index in [1.807, 2.05) is 43.3 Å². The van der Waals surface area contributed by atoms with E-state index in [9.17, 15) is 32.7 Å². The molecule has 1 aliphatic rings. The van der Waals surface area contributed by atoms with Crippen molar-refractivity contribution >= 4 is 45.8 Å². The van der Waals surface area contributed by atoms with Crippen molar-refractivity contribution in [3.63, 3.8) is 0 Å². The molecule has 0 saturated heterocycles. The van der Waals surface area contributed by atoms with Crippen LogP contribution in [0.5, 0.6) is 5.75 Å². The zero-order chi connectivity index (χ0) is 34.6. The summed E-state index contributed by atoms with van der Waals surface area (Å²) in [5, 5.41) is 20.0. The molecule has 1 heterocycles. The van der Waals surface area contributed by atoms with E-state index in [1.54, 1.807) is 31.2 Å². The zero-order valence-electron chi connectivity index (χ0n) is 26.5. The Hall–Kier alpha value is -5.30. The molecule has 48 heavy (non-hydrogen) atoms. The van der Waals surface area contributed by atoms with Crippen LogP contribution in [-0.4, -0.2) is 71.8 Å². The highest BCUT2D eigenvalue weighted by molar-refractivity contribution is 6.08. The summed E-state index contributed by atoms with van der Waals surface area (Å²) in [6.07, 6.45) is -5.22. The van der Waals surface area contributed by atoms with Gasteiger partial charge in [0, 0.05) is 30.6 Å². The lowest BCUT2D eigenvalue weighted by Crippen LogP contribution is -2.50. The quantitative estimate of drug-likeness (QED) is 0.172. The second-order valence-corrected chi connectivity index (χ2v) is 11.8. The lowest BCUT2D eigenvalue weighted by molar-refractivity contribution is -0.137. The van der Waals surface area contributed by atoms with Crippen molar-refractivity contribution in [2.24, 2.45) is 5.92 Å². The molecule has 0 radical (unpaired) electrons. The minimum absolute atomic E-state index is 0.0130. The number of carbonyl (C=O) groups is 3. The number of hydrogen-bond acceptors (Lipinski definition) is 5. The molecular weight excluding hydrogens is 627 g/mol. The lowest BCUT2D eigenvalue weighted by Gasteiger charge is -2.38. The number of aliphatic hydroxyl groups excluding tert-OH is 1. The van der Waals surface area contributed by atoms with Crippen LogP contribution in [0.15, 0.2) is 84.9 Å². The van der Waals surface area contributed by atoms with Gasteiger partial charge in [0.15, 0.2) is 5.75 Å². The molecule has 10 nitrogen and oxygen atoms in total. The molecule has 4 N–H and O–H groups in total. The summed E-state index contributed by atoms with van der Waals surface area (Å²) in [7, 11) is 1.51. The van der Waals surface area contributed by atoms with E-state index < -0.39 is 41.9 Å². The van der Waals surface area contributed by atoms with Gasteiger partial charge < -0.3 is 35.6 Å². The SMILES string of the molecule is C[C@@H]1CN([C@H](C)CO)C(=O)c2cccc(NC(=O)Nc3cccc4ccccc34)c2O[C@@H]1CN(C)C(=O)Nc1ccc(C(F)(F)F)cc1. The maximum Gasteiger partial charge on any atom is 0.416 e. The number of alkyl halides is 3. The Morgan fingerprint density at radius 2 is 1.60 bits per heavy atom. The van der Waals surface area contributed by atoms with Gasteiger partial charge in [-0.15, -0.1) is 0 Å². The Balaban J connectivity index is 1.40. The molecule has 13 heteroatoms. The fourth-order valence-corrected chi connectivity index (χ4v) is 5.48. The highest BCUT2D eigenvalue weighted by Crippen LogP contribution is 2.35. The first-order valence-electron chi connectivity index (χ1n) is 15.3. The van der Waals surface area contributed by atoms with E-state index in [4.69, 9.17) is 4.74 Å². The van der Waals surface area contributed by atoms with Crippen molar-refractivity contribution in [3.8, 4) is 5.75 Å². The number of rotatable bonds is 7. The van der Waals surface area contributed by atoms with Crippen molar-refractivity contribution in [2.75, 3.05) is 42.7 Å². The van der Waals surface area contributed by atoms with Crippen LogP contribution in [-0.2, 0) is 6.18 Å². The van der Waals surface area contributed by atoms with Crippen molar-refractivity contribution in [1.29, 1.82) is 0 Å². The summed E-state index contributed by atoms with van der Waals surface area (Å²) in [4.78, 5) is 43.0. The van der Waals surface area contributed by atoms with Crippen molar-refractivity contribution in [3.05, 3.63) is 96.1 Å². The summed E-state index contributed by atoms with van der Waals surface area (Å²) in [6.45, 7) is 3.47. The molecule has 0 aromatic heterocycles. The maximum absolute atomic E-state index is 13.8. The first-order chi connectivity index (χ1) is 22.8. The van der Waals surface area contributed by atoms with Gasteiger partial charge in [-0.05, 0) is 54.8 Å². The fraction of sp³-hybridized carbons (Fsp3) is 0.286. The average molecular weight is 664 g/mol. The maximum atomic E-state index is 13.8. The van der Waals surface area contributed by atoms with Crippen molar-refractivity contribution in [2.45, 2.75) is 32.2 Å². The number of ether oxygens (including phenoxy) is 1. The number of likely N-dealkylation sites (N-methyl/N-ethyl adjacent to an activating group) is 1. The lowest BCUT2D eigenvalue weighted by atomic mass is 9.99. The topological polar surface area (TPSA) is 123 Å². The standard InChI is InChI=1S/C35H36F3N5O5/c1-21-18-43(22(2)20-44)32(45)27-11-7-13-29(41-33(46)40-28-12-6-9-23-8-4-5-10-26(23)28)31(27)48-30(21)19-42(3)34(47)39-25-16-14-24(15-17-25)35(36,37)38/h4-17,21-22,30,44H,18-20H2,1-3H3,(H,39,47)(H2,40,41,46)/t21-,22-,30-/m1/s1. The minimum atomic E-state index is -4.51. The number of fused-ring (bicyclic) bond motifs is 2.